The number of rotatable bonds is 5. The van der Waals surface area contributed by atoms with Crippen LogP contribution in [0.4, 0.5) is 0 Å². The van der Waals surface area contributed by atoms with Crippen molar-refractivity contribution < 1.29 is 22.2 Å². The predicted octanol–water partition coefficient (Wildman–Crippen LogP) is 12.4. The van der Waals surface area contributed by atoms with Crippen molar-refractivity contribution >= 4 is 43.5 Å². The number of fused-ring (bicyclic) bond motifs is 5. The first-order chi connectivity index (χ1) is 30.7. The fraction of sp³-hybridized carbons (Fsp3) is 0. The molecule has 0 saturated carbocycles. The lowest BCUT2D eigenvalue weighted by Gasteiger charge is -2.15. The van der Waals surface area contributed by atoms with E-state index in [1.165, 1.54) is 0 Å². The number of furan rings is 1. The molecule has 10 aromatic rings. The van der Waals surface area contributed by atoms with E-state index in [1.807, 2.05) is 66.7 Å². The molecule has 0 unspecified atom stereocenters. The molecule has 0 bridgehead atoms. The average molecular weight is 665 g/mol. The van der Waals surface area contributed by atoms with Crippen LogP contribution in [-0.4, -0.2) is 15.0 Å². The molecule has 0 aliphatic carbocycles. The summed E-state index contributed by atoms with van der Waals surface area (Å²) in [5.41, 5.74) is 1.23. The van der Waals surface area contributed by atoms with Crippen molar-refractivity contribution in [2.24, 2.45) is 0 Å². The number of nitrogens with zero attached hydrogens (tertiary/aromatic N) is 3. The van der Waals surface area contributed by atoms with Gasteiger partial charge in [-0.2, -0.15) is 0 Å². The highest BCUT2D eigenvalue weighted by Gasteiger charge is 2.21. The number of aromatic nitrogens is 3. The van der Waals surface area contributed by atoms with Gasteiger partial charge in [-0.05, 0) is 74.1 Å². The predicted molar refractivity (Wildman–Crippen MR) is 209 cm³/mol. The van der Waals surface area contributed by atoms with Gasteiger partial charge in [0, 0.05) is 27.5 Å². The maximum Gasteiger partial charge on any atom is 0.164 e. The first kappa shape index (κ1) is 18.7. The Labute approximate surface area is 312 Å². The largest absolute Gasteiger partial charge is 0.456 e. The summed E-state index contributed by atoms with van der Waals surface area (Å²) in [6.07, 6.45) is 0. The molecule has 8 aromatic carbocycles. The Morgan fingerprint density at radius 1 is 0.392 bits per heavy atom. The van der Waals surface area contributed by atoms with Crippen molar-refractivity contribution in [3.8, 4) is 56.4 Å². The highest BCUT2D eigenvalue weighted by molar-refractivity contribution is 6.12. The number of hydrogen-bond acceptors (Lipinski definition) is 4. The van der Waals surface area contributed by atoms with E-state index < -0.39 is 72.5 Å². The Bertz CT molecular complexity index is 3660. The molecule has 0 radical (unpaired) electrons. The minimum Gasteiger partial charge on any atom is -0.456 e. The molecular formula is C47H29N3O. The summed E-state index contributed by atoms with van der Waals surface area (Å²) in [5, 5.41) is 1.13. The van der Waals surface area contributed by atoms with Gasteiger partial charge in [-0.3, -0.25) is 0 Å². The quantitative estimate of drug-likeness (QED) is 0.184. The lowest BCUT2D eigenvalue weighted by atomic mass is 9.94. The van der Waals surface area contributed by atoms with Crippen molar-refractivity contribution in [1.82, 2.24) is 15.0 Å². The van der Waals surface area contributed by atoms with Crippen LogP contribution in [0.5, 0.6) is 0 Å². The van der Waals surface area contributed by atoms with Crippen molar-refractivity contribution in [3.63, 3.8) is 0 Å². The lowest BCUT2D eigenvalue weighted by Crippen LogP contribution is -2.02. The van der Waals surface area contributed by atoms with Gasteiger partial charge in [0.1, 0.15) is 11.2 Å². The minimum atomic E-state index is -0.627. The van der Waals surface area contributed by atoms with E-state index in [4.69, 9.17) is 31.7 Å². The zero-order chi connectivity index (χ0) is 45.0. The standard InChI is InChI=1S/C47H29N3O/c1-3-14-30(15-4-1)34-26-27-37(36-21-10-9-20-35(34)36)45-48-46(39-23-13-25-43-44(39)38-22-11-12-24-42(38)51-43)50-47(49-45)41-29-33-19-8-7-18-32(33)28-40(41)31-16-5-2-6-17-31/h1-29H/i9D,10D,11D,12D,13D,20D,21D,22D,23D,24D,25D,26D,27D. The van der Waals surface area contributed by atoms with Crippen LogP contribution in [0, 0.1) is 0 Å². The molecule has 10 rings (SSSR count). The molecule has 51 heavy (non-hydrogen) atoms. The van der Waals surface area contributed by atoms with Gasteiger partial charge in [-0.15, -0.1) is 0 Å². The Morgan fingerprint density at radius 3 is 1.61 bits per heavy atom. The van der Waals surface area contributed by atoms with Crippen LogP contribution in [0.15, 0.2) is 180 Å². The van der Waals surface area contributed by atoms with Crippen molar-refractivity contribution in [2.75, 3.05) is 0 Å². The summed E-state index contributed by atoms with van der Waals surface area (Å²) in [6.45, 7) is 0. The monoisotopic (exact) mass is 664 g/mol. The molecule has 0 fully saturated rings. The third-order valence-electron chi connectivity index (χ3n) is 8.80. The third kappa shape index (κ3) is 4.96. The molecule has 4 heteroatoms. The van der Waals surface area contributed by atoms with Crippen LogP contribution in [0.1, 0.15) is 17.8 Å². The van der Waals surface area contributed by atoms with Crippen LogP contribution < -0.4 is 0 Å². The SMILES string of the molecule is [2H]c1c([2H])c([2H])c2c(oc3c([2H])c([2H])c([2H])c(-c4nc(-c5cc6ccccc6cc5-c5ccccc5)nc(-c5c([2H])c([2H])c(-c6ccccc6)c6c([2H])c([2H])c([2H])c([2H])c56)n4)c32)c1[2H]. The van der Waals surface area contributed by atoms with E-state index in [2.05, 4.69) is 0 Å². The van der Waals surface area contributed by atoms with Crippen molar-refractivity contribution in [3.05, 3.63) is 176 Å². The Kier molecular flexibility index (Phi) is 4.37. The molecule has 0 aliphatic rings. The zero-order valence-corrected chi connectivity index (χ0v) is 26.5. The van der Waals surface area contributed by atoms with E-state index in [0.717, 1.165) is 16.3 Å². The second-order valence-corrected chi connectivity index (χ2v) is 11.8. The zero-order valence-electron chi connectivity index (χ0n) is 39.5. The molecular weight excluding hydrogens is 623 g/mol. The molecule has 0 amide bonds. The first-order valence-corrected chi connectivity index (χ1v) is 16.1. The van der Waals surface area contributed by atoms with E-state index in [0.29, 0.717) is 16.7 Å². The van der Waals surface area contributed by atoms with Gasteiger partial charge in [-0.1, -0.05) is 145 Å². The molecule has 0 N–H and O–H groups in total. The second kappa shape index (κ2) is 11.9. The smallest absolute Gasteiger partial charge is 0.164 e. The van der Waals surface area contributed by atoms with Crippen molar-refractivity contribution in [1.29, 1.82) is 0 Å². The molecule has 2 aromatic heterocycles. The Balaban J connectivity index is 1.42. The van der Waals surface area contributed by atoms with Gasteiger partial charge < -0.3 is 4.42 Å². The van der Waals surface area contributed by atoms with Gasteiger partial charge in [0.2, 0.25) is 0 Å². The van der Waals surface area contributed by atoms with Gasteiger partial charge in [0.25, 0.3) is 0 Å². The van der Waals surface area contributed by atoms with Crippen LogP contribution in [0.2, 0.25) is 0 Å². The fourth-order valence-electron chi connectivity index (χ4n) is 6.46. The summed E-state index contributed by atoms with van der Waals surface area (Å²) >= 11 is 0. The molecule has 0 saturated heterocycles. The number of para-hydroxylation sites is 1. The number of hydrogen-bond donors (Lipinski definition) is 0. The maximum absolute atomic E-state index is 9.61. The highest BCUT2D eigenvalue weighted by Crippen LogP contribution is 2.40. The van der Waals surface area contributed by atoms with E-state index in [9.17, 15) is 5.48 Å². The van der Waals surface area contributed by atoms with Gasteiger partial charge in [0.15, 0.2) is 17.5 Å². The molecule has 238 valence electrons. The van der Waals surface area contributed by atoms with Crippen LogP contribution in [0.3, 0.4) is 0 Å². The Hall–Kier alpha value is -6.91. The van der Waals surface area contributed by atoms with Gasteiger partial charge in [0.05, 0.1) is 17.8 Å². The minimum absolute atomic E-state index is 0.0413. The molecule has 0 atom stereocenters. The second-order valence-electron chi connectivity index (χ2n) is 11.8. The summed E-state index contributed by atoms with van der Waals surface area (Å²) in [5.74, 6) is -0.706. The summed E-state index contributed by atoms with van der Waals surface area (Å²) < 4.78 is 123. The molecule has 0 aliphatic heterocycles. The average Bonchev–Trinajstić information content (AvgIpc) is 3.71. The lowest BCUT2D eigenvalue weighted by molar-refractivity contribution is 0.669. The van der Waals surface area contributed by atoms with E-state index >= 15 is 0 Å². The molecule has 2 heterocycles. The van der Waals surface area contributed by atoms with E-state index in [1.54, 1.807) is 30.3 Å². The fourth-order valence-corrected chi connectivity index (χ4v) is 6.46. The highest BCUT2D eigenvalue weighted by atomic mass is 16.3. The third-order valence-corrected chi connectivity index (χ3v) is 8.80. The Morgan fingerprint density at radius 2 is 0.902 bits per heavy atom. The first-order valence-electron chi connectivity index (χ1n) is 22.6. The topological polar surface area (TPSA) is 51.8 Å². The van der Waals surface area contributed by atoms with Crippen LogP contribution in [0.25, 0.3) is 99.9 Å². The summed E-state index contributed by atoms with van der Waals surface area (Å²) in [4.78, 5) is 14.7. The van der Waals surface area contributed by atoms with Gasteiger partial charge in [-0.25, -0.2) is 15.0 Å². The molecule has 0 spiro atoms. The summed E-state index contributed by atoms with van der Waals surface area (Å²) in [6, 6.07) is 22.2. The molecule has 4 nitrogen and oxygen atoms in total. The maximum atomic E-state index is 9.61. The normalized spacial score (nSPS) is 15.1. The van der Waals surface area contributed by atoms with Gasteiger partial charge >= 0.3 is 0 Å². The summed E-state index contributed by atoms with van der Waals surface area (Å²) in [7, 11) is 0. The van der Waals surface area contributed by atoms with Crippen LogP contribution in [-0.2, 0) is 0 Å². The van der Waals surface area contributed by atoms with Crippen LogP contribution >= 0.6 is 0 Å². The number of benzene rings is 8. The van der Waals surface area contributed by atoms with E-state index in [-0.39, 0.29) is 72.9 Å². The van der Waals surface area contributed by atoms with Crippen molar-refractivity contribution in [2.45, 2.75) is 0 Å².